The van der Waals surface area contributed by atoms with E-state index in [1.165, 1.54) is 0 Å². The minimum absolute atomic E-state index is 0.0588. The zero-order valence-electron chi connectivity index (χ0n) is 16.7. The number of anilines is 1. The lowest BCUT2D eigenvalue weighted by Crippen LogP contribution is -2.34. The summed E-state index contributed by atoms with van der Waals surface area (Å²) in [5.41, 5.74) is 2.82. The number of aromatic nitrogens is 3. The van der Waals surface area contributed by atoms with Crippen molar-refractivity contribution in [2.45, 2.75) is 44.2 Å². The molecule has 4 rings (SSSR count). The summed E-state index contributed by atoms with van der Waals surface area (Å²) in [4.78, 5) is 25.4. The van der Waals surface area contributed by atoms with Gasteiger partial charge in [-0.05, 0) is 61.6 Å². The number of phenolic OH excluding ortho intramolecular Hbond substituents is 1. The summed E-state index contributed by atoms with van der Waals surface area (Å²) in [6.45, 7) is 0. The second-order valence-electron chi connectivity index (χ2n) is 7.59. The smallest absolute Gasteiger partial charge is 0.223 e. The first-order valence-electron chi connectivity index (χ1n) is 10.2. The second kappa shape index (κ2) is 9.35. The van der Waals surface area contributed by atoms with Crippen molar-refractivity contribution in [3.63, 3.8) is 0 Å². The summed E-state index contributed by atoms with van der Waals surface area (Å²) in [5.74, 6) is 0.895. The van der Waals surface area contributed by atoms with Crippen LogP contribution >= 0.6 is 0 Å². The molecule has 3 N–H and O–H groups in total. The summed E-state index contributed by atoms with van der Waals surface area (Å²) in [6.07, 6.45) is 9.12. The molecule has 2 aromatic heterocycles. The standard InChI is InChI=1S/C23H25N5O2/c29-20-8-3-16(4-9-20)5-10-22(30)26-18-6-7-19(14-18)27-23-25-13-11-21(28-23)17-2-1-12-24-15-17/h1-4,8-9,11-13,15,18-19,29H,5-7,10,14H2,(H,26,30)(H,25,27,28). The Kier molecular flexibility index (Phi) is 6.17. The molecule has 7 heteroatoms. The van der Waals surface area contributed by atoms with Crippen molar-refractivity contribution < 1.29 is 9.90 Å². The van der Waals surface area contributed by atoms with Gasteiger partial charge in [0.2, 0.25) is 11.9 Å². The van der Waals surface area contributed by atoms with Gasteiger partial charge in [0.25, 0.3) is 0 Å². The summed E-state index contributed by atoms with van der Waals surface area (Å²) in [5, 5.41) is 15.9. The van der Waals surface area contributed by atoms with E-state index in [0.717, 1.165) is 36.1 Å². The minimum atomic E-state index is 0.0588. The molecule has 7 nitrogen and oxygen atoms in total. The lowest BCUT2D eigenvalue weighted by Gasteiger charge is -2.15. The Bertz CT molecular complexity index is 978. The van der Waals surface area contributed by atoms with Crippen LogP contribution in [-0.4, -0.2) is 38.0 Å². The summed E-state index contributed by atoms with van der Waals surface area (Å²) < 4.78 is 0. The Morgan fingerprint density at radius 1 is 1.07 bits per heavy atom. The molecule has 1 amide bonds. The van der Waals surface area contributed by atoms with E-state index in [4.69, 9.17) is 0 Å². The Labute approximate surface area is 175 Å². The predicted octanol–water partition coefficient (Wildman–Crippen LogP) is 3.33. The van der Waals surface area contributed by atoms with Crippen molar-refractivity contribution in [2.75, 3.05) is 5.32 Å². The normalized spacial score (nSPS) is 18.1. The van der Waals surface area contributed by atoms with E-state index < -0.39 is 0 Å². The third-order valence-electron chi connectivity index (χ3n) is 5.32. The van der Waals surface area contributed by atoms with Crippen molar-refractivity contribution in [1.29, 1.82) is 0 Å². The molecule has 1 saturated carbocycles. The number of benzene rings is 1. The van der Waals surface area contributed by atoms with Crippen LogP contribution in [0.25, 0.3) is 11.3 Å². The van der Waals surface area contributed by atoms with Crippen LogP contribution in [0.15, 0.2) is 61.1 Å². The summed E-state index contributed by atoms with van der Waals surface area (Å²) >= 11 is 0. The Hall–Kier alpha value is -3.48. The van der Waals surface area contributed by atoms with Gasteiger partial charge in [0.1, 0.15) is 5.75 Å². The quantitative estimate of drug-likeness (QED) is 0.560. The van der Waals surface area contributed by atoms with Gasteiger partial charge in [0.15, 0.2) is 0 Å². The van der Waals surface area contributed by atoms with Crippen molar-refractivity contribution in [2.24, 2.45) is 0 Å². The first-order chi connectivity index (χ1) is 14.7. The minimum Gasteiger partial charge on any atom is -0.508 e. The fourth-order valence-corrected chi connectivity index (χ4v) is 3.75. The van der Waals surface area contributed by atoms with Gasteiger partial charge >= 0.3 is 0 Å². The average Bonchev–Trinajstić information content (AvgIpc) is 3.20. The van der Waals surface area contributed by atoms with Crippen molar-refractivity contribution in [3.05, 3.63) is 66.6 Å². The highest BCUT2D eigenvalue weighted by Gasteiger charge is 2.26. The molecule has 0 aliphatic heterocycles. The molecule has 0 radical (unpaired) electrons. The lowest BCUT2D eigenvalue weighted by atomic mass is 10.1. The summed E-state index contributed by atoms with van der Waals surface area (Å²) in [6, 6.07) is 13.1. The van der Waals surface area contributed by atoms with Gasteiger partial charge in [0.05, 0.1) is 5.69 Å². The molecule has 2 atom stereocenters. The molecule has 0 spiro atoms. The zero-order valence-corrected chi connectivity index (χ0v) is 16.7. The van der Waals surface area contributed by atoms with Crippen molar-refractivity contribution in [1.82, 2.24) is 20.3 Å². The van der Waals surface area contributed by atoms with E-state index in [1.54, 1.807) is 30.7 Å². The number of hydrogen-bond acceptors (Lipinski definition) is 6. The van der Waals surface area contributed by atoms with Crippen molar-refractivity contribution in [3.8, 4) is 17.0 Å². The van der Waals surface area contributed by atoms with Gasteiger partial charge < -0.3 is 15.7 Å². The summed E-state index contributed by atoms with van der Waals surface area (Å²) in [7, 11) is 0. The lowest BCUT2D eigenvalue weighted by molar-refractivity contribution is -0.121. The van der Waals surface area contributed by atoms with Gasteiger partial charge in [0, 0.05) is 42.7 Å². The number of carbonyl (C=O) groups excluding carboxylic acids is 1. The molecule has 2 unspecified atom stereocenters. The average molecular weight is 403 g/mol. The van der Waals surface area contributed by atoms with Crippen LogP contribution in [0, 0.1) is 0 Å². The highest BCUT2D eigenvalue weighted by atomic mass is 16.3. The van der Waals surface area contributed by atoms with Gasteiger partial charge in [-0.15, -0.1) is 0 Å². The number of pyridine rings is 1. The van der Waals surface area contributed by atoms with Crippen molar-refractivity contribution >= 4 is 11.9 Å². The van der Waals surface area contributed by atoms with E-state index >= 15 is 0 Å². The number of aromatic hydroxyl groups is 1. The fourth-order valence-electron chi connectivity index (χ4n) is 3.75. The molecule has 2 heterocycles. The molecule has 3 aromatic rings. The molecule has 0 bridgehead atoms. The molecule has 1 aliphatic rings. The SMILES string of the molecule is O=C(CCc1ccc(O)cc1)NC1CCC(Nc2nccc(-c3cccnc3)n2)C1. The number of rotatable bonds is 7. The molecule has 1 fully saturated rings. The largest absolute Gasteiger partial charge is 0.508 e. The number of aryl methyl sites for hydroxylation is 1. The topological polar surface area (TPSA) is 100 Å². The van der Waals surface area contributed by atoms with Gasteiger partial charge in [-0.2, -0.15) is 0 Å². The van der Waals surface area contributed by atoms with Crippen LogP contribution in [0.5, 0.6) is 5.75 Å². The molecule has 30 heavy (non-hydrogen) atoms. The van der Waals surface area contributed by atoms with Crippen LogP contribution in [0.2, 0.25) is 0 Å². The molecule has 0 saturated heterocycles. The fraction of sp³-hybridized carbons (Fsp3) is 0.304. The van der Waals surface area contributed by atoms with E-state index in [1.807, 2.05) is 30.3 Å². The molecular formula is C23H25N5O2. The van der Waals surface area contributed by atoms with Gasteiger partial charge in [-0.25, -0.2) is 9.97 Å². The maximum absolute atomic E-state index is 12.3. The van der Waals surface area contributed by atoms with Crippen LogP contribution in [0.1, 0.15) is 31.2 Å². The first kappa shape index (κ1) is 19.8. The van der Waals surface area contributed by atoms with Crippen LogP contribution in [0.3, 0.4) is 0 Å². The molecule has 1 aliphatic carbocycles. The van der Waals surface area contributed by atoms with Crippen LogP contribution in [-0.2, 0) is 11.2 Å². The van der Waals surface area contributed by atoms with Gasteiger partial charge in [-0.3, -0.25) is 9.78 Å². The van der Waals surface area contributed by atoms with E-state index in [-0.39, 0.29) is 23.7 Å². The van der Waals surface area contributed by atoms with Gasteiger partial charge in [-0.1, -0.05) is 12.1 Å². The first-order valence-corrected chi connectivity index (χ1v) is 10.2. The third-order valence-corrected chi connectivity index (χ3v) is 5.32. The third kappa shape index (κ3) is 5.31. The number of nitrogens with zero attached hydrogens (tertiary/aromatic N) is 3. The predicted molar refractivity (Wildman–Crippen MR) is 115 cm³/mol. The number of carbonyl (C=O) groups is 1. The number of nitrogens with one attached hydrogen (secondary N) is 2. The highest BCUT2D eigenvalue weighted by molar-refractivity contribution is 5.76. The highest BCUT2D eigenvalue weighted by Crippen LogP contribution is 2.23. The van der Waals surface area contributed by atoms with Crippen LogP contribution < -0.4 is 10.6 Å². The zero-order chi connectivity index (χ0) is 20.8. The maximum atomic E-state index is 12.3. The molecule has 154 valence electrons. The second-order valence-corrected chi connectivity index (χ2v) is 7.59. The molecule has 1 aromatic carbocycles. The van der Waals surface area contributed by atoms with E-state index in [9.17, 15) is 9.90 Å². The Morgan fingerprint density at radius 3 is 2.70 bits per heavy atom. The monoisotopic (exact) mass is 403 g/mol. The number of phenols is 1. The molecular weight excluding hydrogens is 378 g/mol. The number of amides is 1. The Morgan fingerprint density at radius 2 is 1.90 bits per heavy atom. The maximum Gasteiger partial charge on any atom is 0.223 e. The number of hydrogen-bond donors (Lipinski definition) is 3. The Balaban J connectivity index is 1.25. The van der Waals surface area contributed by atoms with E-state index in [2.05, 4.69) is 25.6 Å². The van der Waals surface area contributed by atoms with E-state index in [0.29, 0.717) is 18.8 Å². The van der Waals surface area contributed by atoms with Crippen LogP contribution in [0.4, 0.5) is 5.95 Å².